The maximum absolute atomic E-state index is 12.4. The smallest absolute Gasteiger partial charge is 0.254 e. The van der Waals surface area contributed by atoms with Crippen LogP contribution >= 0.6 is 11.6 Å². The van der Waals surface area contributed by atoms with Crippen LogP contribution in [0.4, 0.5) is 5.69 Å². The summed E-state index contributed by atoms with van der Waals surface area (Å²) in [6.07, 6.45) is 0.902. The predicted octanol–water partition coefficient (Wildman–Crippen LogP) is 4.02. The lowest BCUT2D eigenvalue weighted by Gasteiger charge is -2.35. The number of nitrogens with one attached hydrogen (secondary N) is 1. The summed E-state index contributed by atoms with van der Waals surface area (Å²) in [6, 6.07) is 3.92. The Hall–Kier alpha value is -1.22. The predicted molar refractivity (Wildman–Crippen MR) is 87.0 cm³/mol. The van der Waals surface area contributed by atoms with E-state index in [4.69, 9.17) is 11.6 Å². The van der Waals surface area contributed by atoms with Gasteiger partial charge in [-0.15, -0.1) is 0 Å². The molecule has 0 aliphatic heterocycles. The fourth-order valence-corrected chi connectivity index (χ4v) is 2.10. The van der Waals surface area contributed by atoms with Crippen LogP contribution in [0.5, 0.6) is 0 Å². The van der Waals surface area contributed by atoms with Gasteiger partial charge in [-0.1, -0.05) is 24.6 Å². The largest absolute Gasteiger partial charge is 0.369 e. The third kappa shape index (κ3) is 3.66. The van der Waals surface area contributed by atoms with Crippen LogP contribution in [0, 0.1) is 6.92 Å². The zero-order valence-corrected chi connectivity index (χ0v) is 14.1. The first-order valence-corrected chi connectivity index (χ1v) is 7.39. The second-order valence-electron chi connectivity index (χ2n) is 6.08. The number of anilines is 1. The van der Waals surface area contributed by atoms with E-state index in [1.54, 1.807) is 0 Å². The minimum atomic E-state index is -0.105. The topological polar surface area (TPSA) is 32.3 Å². The Morgan fingerprint density at radius 3 is 2.45 bits per heavy atom. The summed E-state index contributed by atoms with van der Waals surface area (Å²) in [7, 11) is 1.98. The number of benzene rings is 1. The maximum Gasteiger partial charge on any atom is 0.254 e. The molecule has 0 unspecified atom stereocenters. The number of amides is 1. The van der Waals surface area contributed by atoms with E-state index in [1.807, 2.05) is 33.0 Å². The van der Waals surface area contributed by atoms with Crippen LogP contribution in [0.2, 0.25) is 5.02 Å². The Morgan fingerprint density at radius 1 is 1.35 bits per heavy atom. The summed E-state index contributed by atoms with van der Waals surface area (Å²) >= 11 is 6.38. The molecule has 1 amide bonds. The highest BCUT2D eigenvalue weighted by molar-refractivity contribution is 6.35. The van der Waals surface area contributed by atoms with Crippen molar-refractivity contribution >= 4 is 23.2 Å². The van der Waals surface area contributed by atoms with Crippen LogP contribution in [0.3, 0.4) is 0 Å². The molecule has 4 heteroatoms. The highest BCUT2D eigenvalue weighted by atomic mass is 35.5. The van der Waals surface area contributed by atoms with E-state index in [0.717, 1.165) is 17.7 Å². The zero-order valence-electron chi connectivity index (χ0n) is 13.3. The SMILES string of the molecule is CCCNC(=O)c1c(N(C)C(C)(C)C)ccc(C)c1Cl. The van der Waals surface area contributed by atoms with Crippen molar-refractivity contribution in [2.45, 2.75) is 46.6 Å². The first-order valence-electron chi connectivity index (χ1n) is 7.01. The van der Waals surface area contributed by atoms with Crippen LogP contribution in [-0.4, -0.2) is 25.0 Å². The fraction of sp³-hybridized carbons (Fsp3) is 0.562. The van der Waals surface area contributed by atoms with Crippen LogP contribution in [-0.2, 0) is 0 Å². The van der Waals surface area contributed by atoms with Crippen molar-refractivity contribution in [2.75, 3.05) is 18.5 Å². The molecule has 0 radical (unpaired) electrons. The molecule has 0 fully saturated rings. The number of hydrogen-bond donors (Lipinski definition) is 1. The van der Waals surface area contributed by atoms with Crippen LogP contribution < -0.4 is 10.2 Å². The summed E-state index contributed by atoms with van der Waals surface area (Å²) in [5.74, 6) is -0.105. The molecule has 0 saturated heterocycles. The first kappa shape index (κ1) is 16.8. The van der Waals surface area contributed by atoms with E-state index >= 15 is 0 Å². The van der Waals surface area contributed by atoms with E-state index in [-0.39, 0.29) is 11.4 Å². The van der Waals surface area contributed by atoms with Gasteiger partial charge in [-0.3, -0.25) is 4.79 Å². The summed E-state index contributed by atoms with van der Waals surface area (Å²) in [6.45, 7) is 10.9. The molecule has 0 atom stereocenters. The van der Waals surface area contributed by atoms with Gasteiger partial charge in [0, 0.05) is 19.1 Å². The summed E-state index contributed by atoms with van der Waals surface area (Å²) < 4.78 is 0. The minimum absolute atomic E-state index is 0.0849. The summed E-state index contributed by atoms with van der Waals surface area (Å²) in [4.78, 5) is 14.5. The number of aryl methyl sites for hydroxylation is 1. The van der Waals surface area contributed by atoms with Gasteiger partial charge in [0.25, 0.3) is 5.91 Å². The zero-order chi connectivity index (χ0) is 15.5. The van der Waals surface area contributed by atoms with Gasteiger partial charge in [0.15, 0.2) is 0 Å². The van der Waals surface area contributed by atoms with Crippen molar-refractivity contribution in [3.63, 3.8) is 0 Å². The lowest BCUT2D eigenvalue weighted by Crippen LogP contribution is -2.39. The van der Waals surface area contributed by atoms with Gasteiger partial charge in [-0.25, -0.2) is 0 Å². The van der Waals surface area contributed by atoms with E-state index in [0.29, 0.717) is 17.1 Å². The average Bonchev–Trinajstić information content (AvgIpc) is 2.37. The van der Waals surface area contributed by atoms with Crippen LogP contribution in [0.1, 0.15) is 50.0 Å². The van der Waals surface area contributed by atoms with Crippen molar-refractivity contribution in [3.05, 3.63) is 28.3 Å². The van der Waals surface area contributed by atoms with Gasteiger partial charge in [-0.2, -0.15) is 0 Å². The molecule has 112 valence electrons. The molecule has 0 heterocycles. The molecule has 0 aromatic heterocycles. The molecule has 0 spiro atoms. The van der Waals surface area contributed by atoms with E-state index < -0.39 is 0 Å². The van der Waals surface area contributed by atoms with Crippen molar-refractivity contribution < 1.29 is 4.79 Å². The van der Waals surface area contributed by atoms with Gasteiger partial charge < -0.3 is 10.2 Å². The van der Waals surface area contributed by atoms with Crippen molar-refractivity contribution in [1.29, 1.82) is 0 Å². The third-order valence-electron chi connectivity index (χ3n) is 3.44. The molecule has 1 aromatic carbocycles. The summed E-state index contributed by atoms with van der Waals surface area (Å²) in [5.41, 5.74) is 2.26. The lowest BCUT2D eigenvalue weighted by molar-refractivity contribution is 0.0954. The van der Waals surface area contributed by atoms with Crippen molar-refractivity contribution in [2.24, 2.45) is 0 Å². The Bertz CT molecular complexity index is 492. The first-order chi connectivity index (χ1) is 9.20. The van der Waals surface area contributed by atoms with Crippen LogP contribution in [0.15, 0.2) is 12.1 Å². The second-order valence-corrected chi connectivity index (χ2v) is 6.45. The number of halogens is 1. The maximum atomic E-state index is 12.4. The van der Waals surface area contributed by atoms with Crippen molar-refractivity contribution in [1.82, 2.24) is 5.32 Å². The van der Waals surface area contributed by atoms with Gasteiger partial charge in [-0.05, 0) is 45.7 Å². The Kier molecular flexibility index (Phi) is 5.46. The average molecular weight is 297 g/mol. The number of nitrogens with zero attached hydrogens (tertiary/aromatic N) is 1. The van der Waals surface area contributed by atoms with Gasteiger partial charge in [0.1, 0.15) is 0 Å². The fourth-order valence-electron chi connectivity index (χ4n) is 1.85. The van der Waals surface area contributed by atoms with Gasteiger partial charge in [0.2, 0.25) is 0 Å². The standard InChI is InChI=1S/C16H25ClN2O/c1-7-10-18-15(20)13-12(19(6)16(3,4)5)9-8-11(2)14(13)17/h8-9H,7,10H2,1-6H3,(H,18,20). The number of carbonyl (C=O) groups excluding carboxylic acids is 1. The Morgan fingerprint density at radius 2 is 1.95 bits per heavy atom. The van der Waals surface area contributed by atoms with E-state index in [2.05, 4.69) is 31.0 Å². The number of rotatable bonds is 4. The van der Waals surface area contributed by atoms with Gasteiger partial charge >= 0.3 is 0 Å². The normalized spacial score (nSPS) is 11.3. The Balaban J connectivity index is 3.31. The molecule has 0 saturated carbocycles. The Labute approximate surface area is 127 Å². The van der Waals surface area contributed by atoms with E-state index in [1.165, 1.54) is 0 Å². The molecular weight excluding hydrogens is 272 g/mol. The minimum Gasteiger partial charge on any atom is -0.369 e. The van der Waals surface area contributed by atoms with Crippen molar-refractivity contribution in [3.8, 4) is 0 Å². The molecule has 0 aliphatic rings. The molecule has 1 rings (SSSR count). The molecular formula is C16H25ClN2O. The molecule has 3 nitrogen and oxygen atoms in total. The molecule has 1 N–H and O–H groups in total. The lowest BCUT2D eigenvalue weighted by atomic mass is 10.0. The molecule has 0 bridgehead atoms. The van der Waals surface area contributed by atoms with Gasteiger partial charge in [0.05, 0.1) is 16.3 Å². The number of carbonyl (C=O) groups is 1. The highest BCUT2D eigenvalue weighted by Gasteiger charge is 2.25. The number of hydrogen-bond acceptors (Lipinski definition) is 2. The highest BCUT2D eigenvalue weighted by Crippen LogP contribution is 2.33. The molecule has 0 aliphatic carbocycles. The quantitative estimate of drug-likeness (QED) is 0.910. The van der Waals surface area contributed by atoms with E-state index in [9.17, 15) is 4.79 Å². The van der Waals surface area contributed by atoms with Crippen LogP contribution in [0.25, 0.3) is 0 Å². The monoisotopic (exact) mass is 296 g/mol. The third-order valence-corrected chi connectivity index (χ3v) is 3.93. The molecule has 1 aromatic rings. The second kappa shape index (κ2) is 6.49. The molecule has 20 heavy (non-hydrogen) atoms. The summed E-state index contributed by atoms with van der Waals surface area (Å²) in [5, 5.41) is 3.45.